The monoisotopic (exact) mass is 365 g/mol. The highest BCUT2D eigenvalue weighted by Crippen LogP contribution is 2.33. The maximum atomic E-state index is 12.6. The molecule has 1 fully saturated rings. The molecule has 2 aromatic rings. The molecule has 1 aliphatic heterocycles. The first-order chi connectivity index (χ1) is 13.1. The van der Waals surface area contributed by atoms with Gasteiger partial charge in [-0.3, -0.25) is 4.79 Å². The van der Waals surface area contributed by atoms with Gasteiger partial charge in [0.15, 0.2) is 0 Å². The van der Waals surface area contributed by atoms with E-state index in [-0.39, 0.29) is 11.7 Å². The molecule has 4 heteroatoms. The Morgan fingerprint density at radius 1 is 1.07 bits per heavy atom. The maximum Gasteiger partial charge on any atom is 0.254 e. The quantitative estimate of drug-likeness (QED) is 0.846. The fraction of sp³-hybridized carbons (Fsp3) is 0.435. The zero-order valence-corrected chi connectivity index (χ0v) is 15.9. The van der Waals surface area contributed by atoms with Gasteiger partial charge in [0, 0.05) is 18.7 Å². The number of aromatic hydroxyl groups is 1. The second-order valence-corrected chi connectivity index (χ2v) is 8.04. The van der Waals surface area contributed by atoms with Gasteiger partial charge in [0.1, 0.15) is 11.5 Å². The molecule has 4 rings (SSSR count). The van der Waals surface area contributed by atoms with Crippen LogP contribution in [-0.4, -0.2) is 29.1 Å². The third kappa shape index (κ3) is 4.10. The number of carbonyl (C=O) groups is 1. The molecule has 0 unspecified atom stereocenters. The van der Waals surface area contributed by atoms with Crippen molar-refractivity contribution in [2.75, 3.05) is 13.2 Å². The molecule has 0 aromatic heterocycles. The fourth-order valence-electron chi connectivity index (χ4n) is 4.31. The molecule has 0 saturated heterocycles. The fourth-order valence-corrected chi connectivity index (χ4v) is 4.31. The molecule has 0 spiro atoms. The van der Waals surface area contributed by atoms with Crippen molar-refractivity contribution >= 4 is 5.91 Å². The zero-order chi connectivity index (χ0) is 18.8. The Hall–Kier alpha value is -2.49. The number of phenols is 1. The van der Waals surface area contributed by atoms with E-state index in [1.165, 1.54) is 5.56 Å². The molecule has 0 radical (unpaired) electrons. The number of aryl methyl sites for hydroxylation is 1. The van der Waals surface area contributed by atoms with E-state index in [9.17, 15) is 9.90 Å². The van der Waals surface area contributed by atoms with E-state index < -0.39 is 0 Å². The van der Waals surface area contributed by atoms with Gasteiger partial charge in [0.05, 0.1) is 6.61 Å². The van der Waals surface area contributed by atoms with Crippen molar-refractivity contribution in [3.8, 4) is 11.5 Å². The van der Waals surface area contributed by atoms with Gasteiger partial charge in [-0.25, -0.2) is 0 Å². The number of hydrogen-bond donors (Lipinski definition) is 1. The molecule has 1 aliphatic carbocycles. The van der Waals surface area contributed by atoms with Gasteiger partial charge < -0.3 is 14.7 Å². The first-order valence-electron chi connectivity index (χ1n) is 9.89. The van der Waals surface area contributed by atoms with Crippen LogP contribution in [0.5, 0.6) is 11.5 Å². The number of hydrogen-bond acceptors (Lipinski definition) is 3. The van der Waals surface area contributed by atoms with Crippen LogP contribution in [0, 0.1) is 18.8 Å². The Balaban J connectivity index is 1.25. The molecule has 1 saturated carbocycles. The SMILES string of the molecule is Cc1cccc(OCC2CCC(CN3Cc4ccc(O)cc4C3=O)CC2)c1. The van der Waals surface area contributed by atoms with Gasteiger partial charge in [0.25, 0.3) is 5.91 Å². The van der Waals surface area contributed by atoms with Crippen molar-refractivity contribution in [2.24, 2.45) is 11.8 Å². The number of carbonyl (C=O) groups excluding carboxylic acids is 1. The first kappa shape index (κ1) is 17.9. The Labute approximate surface area is 160 Å². The van der Waals surface area contributed by atoms with E-state index in [2.05, 4.69) is 19.1 Å². The van der Waals surface area contributed by atoms with Crippen LogP contribution in [0.4, 0.5) is 0 Å². The molecule has 27 heavy (non-hydrogen) atoms. The summed E-state index contributed by atoms with van der Waals surface area (Å²) >= 11 is 0. The van der Waals surface area contributed by atoms with Crippen LogP contribution in [0.2, 0.25) is 0 Å². The second kappa shape index (κ2) is 7.63. The lowest BCUT2D eigenvalue weighted by atomic mass is 9.82. The van der Waals surface area contributed by atoms with E-state index in [4.69, 9.17) is 4.74 Å². The van der Waals surface area contributed by atoms with Gasteiger partial charge in [-0.2, -0.15) is 0 Å². The molecule has 4 nitrogen and oxygen atoms in total. The molecule has 1 N–H and O–H groups in total. The highest BCUT2D eigenvalue weighted by molar-refractivity contribution is 5.98. The van der Waals surface area contributed by atoms with Crippen LogP contribution in [0.15, 0.2) is 42.5 Å². The molecule has 1 amide bonds. The first-order valence-corrected chi connectivity index (χ1v) is 9.89. The summed E-state index contributed by atoms with van der Waals surface area (Å²) in [5.74, 6) is 2.35. The molecule has 2 aromatic carbocycles. The van der Waals surface area contributed by atoms with Gasteiger partial charge in [-0.1, -0.05) is 18.2 Å². The van der Waals surface area contributed by atoms with Gasteiger partial charge in [-0.15, -0.1) is 0 Å². The Morgan fingerprint density at radius 3 is 2.63 bits per heavy atom. The molecule has 0 atom stereocenters. The average Bonchev–Trinajstić information content (AvgIpc) is 2.97. The minimum atomic E-state index is 0.0609. The average molecular weight is 365 g/mol. The summed E-state index contributed by atoms with van der Waals surface area (Å²) in [5.41, 5.74) is 2.91. The zero-order valence-electron chi connectivity index (χ0n) is 15.9. The molecule has 1 heterocycles. The summed E-state index contributed by atoms with van der Waals surface area (Å²) in [4.78, 5) is 14.5. The maximum absolute atomic E-state index is 12.6. The smallest absolute Gasteiger partial charge is 0.254 e. The van der Waals surface area contributed by atoms with E-state index in [0.29, 0.717) is 23.9 Å². The minimum Gasteiger partial charge on any atom is -0.508 e. The molecule has 0 bridgehead atoms. The summed E-state index contributed by atoms with van der Waals surface area (Å²) in [6.45, 7) is 4.35. The van der Waals surface area contributed by atoms with Crippen molar-refractivity contribution in [2.45, 2.75) is 39.2 Å². The highest BCUT2D eigenvalue weighted by Gasteiger charge is 2.31. The van der Waals surface area contributed by atoms with Crippen LogP contribution in [0.25, 0.3) is 0 Å². The van der Waals surface area contributed by atoms with Gasteiger partial charge >= 0.3 is 0 Å². The van der Waals surface area contributed by atoms with E-state index in [1.807, 2.05) is 23.1 Å². The number of rotatable bonds is 5. The Kier molecular flexibility index (Phi) is 5.06. The van der Waals surface area contributed by atoms with Crippen LogP contribution in [0.3, 0.4) is 0 Å². The van der Waals surface area contributed by atoms with Gasteiger partial charge in [-0.05, 0) is 79.8 Å². The molecular weight excluding hydrogens is 338 g/mol. The van der Waals surface area contributed by atoms with Crippen LogP contribution >= 0.6 is 0 Å². The van der Waals surface area contributed by atoms with Crippen molar-refractivity contribution in [1.82, 2.24) is 4.90 Å². The molecular formula is C23H27NO3. The van der Waals surface area contributed by atoms with Gasteiger partial charge in [0.2, 0.25) is 0 Å². The third-order valence-electron chi connectivity index (χ3n) is 5.89. The minimum absolute atomic E-state index is 0.0609. The number of phenolic OH excluding ortho intramolecular Hbond substituents is 1. The summed E-state index contributed by atoms with van der Waals surface area (Å²) in [7, 11) is 0. The van der Waals surface area contributed by atoms with Crippen molar-refractivity contribution in [1.29, 1.82) is 0 Å². The lowest BCUT2D eigenvalue weighted by Crippen LogP contribution is -2.32. The van der Waals surface area contributed by atoms with Crippen LogP contribution < -0.4 is 4.74 Å². The number of ether oxygens (including phenoxy) is 1. The number of fused-ring (bicyclic) bond motifs is 1. The Bertz CT molecular complexity index is 824. The van der Waals surface area contributed by atoms with E-state index >= 15 is 0 Å². The largest absolute Gasteiger partial charge is 0.508 e. The standard InChI is InChI=1S/C23H27NO3/c1-16-3-2-4-21(11-16)27-15-18-7-5-17(6-8-18)13-24-14-19-9-10-20(25)12-22(19)23(24)26/h2-4,9-12,17-18,25H,5-8,13-15H2,1H3. The normalized spacial score (nSPS) is 22.0. The summed E-state index contributed by atoms with van der Waals surface area (Å²) in [6, 6.07) is 13.3. The van der Waals surface area contributed by atoms with Crippen molar-refractivity contribution in [3.63, 3.8) is 0 Å². The van der Waals surface area contributed by atoms with Crippen molar-refractivity contribution < 1.29 is 14.6 Å². The van der Waals surface area contributed by atoms with E-state index in [0.717, 1.165) is 50.1 Å². The predicted octanol–water partition coefficient (Wildman–Crippen LogP) is 4.54. The van der Waals surface area contributed by atoms with Crippen LogP contribution in [-0.2, 0) is 6.54 Å². The topological polar surface area (TPSA) is 49.8 Å². The lowest BCUT2D eigenvalue weighted by molar-refractivity contribution is 0.0721. The second-order valence-electron chi connectivity index (χ2n) is 8.04. The lowest BCUT2D eigenvalue weighted by Gasteiger charge is -2.31. The van der Waals surface area contributed by atoms with Crippen molar-refractivity contribution in [3.05, 3.63) is 59.2 Å². The summed E-state index contributed by atoms with van der Waals surface area (Å²) in [6.07, 6.45) is 4.61. The summed E-state index contributed by atoms with van der Waals surface area (Å²) < 4.78 is 5.98. The van der Waals surface area contributed by atoms with E-state index in [1.54, 1.807) is 12.1 Å². The number of benzene rings is 2. The summed E-state index contributed by atoms with van der Waals surface area (Å²) in [5, 5.41) is 9.62. The predicted molar refractivity (Wildman–Crippen MR) is 105 cm³/mol. The number of amides is 1. The van der Waals surface area contributed by atoms with Crippen LogP contribution in [0.1, 0.15) is 47.2 Å². The molecule has 2 aliphatic rings. The number of nitrogens with zero attached hydrogens (tertiary/aromatic N) is 1. The molecule has 142 valence electrons. The highest BCUT2D eigenvalue weighted by atomic mass is 16.5. The Morgan fingerprint density at radius 2 is 1.85 bits per heavy atom. The third-order valence-corrected chi connectivity index (χ3v) is 5.89.